The summed E-state index contributed by atoms with van der Waals surface area (Å²) in [5.74, 6) is -0.629. The van der Waals surface area contributed by atoms with Gasteiger partial charge in [0.25, 0.3) is 5.91 Å². The van der Waals surface area contributed by atoms with E-state index in [-0.39, 0.29) is 5.76 Å². The summed E-state index contributed by atoms with van der Waals surface area (Å²) in [5, 5.41) is 6.07. The third kappa shape index (κ3) is 5.56. The SMILES string of the molecule is CCNC(=O)NC(=O)[C@@H](C)OC(=O)c1oc2ccccc2c1CSC1CCCCC1. The van der Waals surface area contributed by atoms with Crippen molar-refractivity contribution in [3.05, 3.63) is 35.6 Å². The molecule has 2 N–H and O–H groups in total. The van der Waals surface area contributed by atoms with Crippen LogP contribution in [0.2, 0.25) is 0 Å². The number of carbonyl (C=O) groups is 3. The Morgan fingerprint density at radius 2 is 1.93 bits per heavy atom. The highest BCUT2D eigenvalue weighted by molar-refractivity contribution is 7.99. The first-order valence-corrected chi connectivity index (χ1v) is 11.5. The Bertz CT molecular complexity index is 904. The second-order valence-corrected chi connectivity index (χ2v) is 8.66. The normalized spacial score (nSPS) is 15.5. The number of benzene rings is 1. The number of ether oxygens (including phenoxy) is 1. The number of hydrogen-bond donors (Lipinski definition) is 2. The predicted molar refractivity (Wildman–Crippen MR) is 116 cm³/mol. The van der Waals surface area contributed by atoms with Crippen LogP contribution in [0, 0.1) is 0 Å². The van der Waals surface area contributed by atoms with Gasteiger partial charge in [-0.3, -0.25) is 10.1 Å². The highest BCUT2D eigenvalue weighted by Gasteiger charge is 2.27. The van der Waals surface area contributed by atoms with Crippen LogP contribution in [0.5, 0.6) is 0 Å². The number of thioether (sulfide) groups is 1. The molecule has 1 fully saturated rings. The minimum absolute atomic E-state index is 0.122. The third-order valence-electron chi connectivity index (χ3n) is 5.13. The first-order chi connectivity index (χ1) is 14.5. The minimum Gasteiger partial charge on any atom is -0.449 e. The van der Waals surface area contributed by atoms with Gasteiger partial charge in [-0.15, -0.1) is 0 Å². The maximum atomic E-state index is 12.8. The van der Waals surface area contributed by atoms with E-state index in [4.69, 9.17) is 9.15 Å². The van der Waals surface area contributed by atoms with E-state index in [1.807, 2.05) is 36.0 Å². The van der Waals surface area contributed by atoms with Crippen LogP contribution in [-0.4, -0.2) is 35.8 Å². The van der Waals surface area contributed by atoms with E-state index in [0.717, 1.165) is 10.9 Å². The Labute approximate surface area is 180 Å². The van der Waals surface area contributed by atoms with Gasteiger partial charge >= 0.3 is 12.0 Å². The van der Waals surface area contributed by atoms with E-state index >= 15 is 0 Å². The van der Waals surface area contributed by atoms with Crippen LogP contribution < -0.4 is 10.6 Å². The lowest BCUT2D eigenvalue weighted by atomic mass is 10.0. The highest BCUT2D eigenvalue weighted by Crippen LogP contribution is 2.35. The molecule has 7 nitrogen and oxygen atoms in total. The number of fused-ring (bicyclic) bond motifs is 1. The van der Waals surface area contributed by atoms with Gasteiger partial charge in [-0.25, -0.2) is 9.59 Å². The average molecular weight is 433 g/mol. The number of amides is 3. The lowest BCUT2D eigenvalue weighted by molar-refractivity contribution is -0.128. The van der Waals surface area contributed by atoms with E-state index in [1.54, 1.807) is 6.92 Å². The third-order valence-corrected chi connectivity index (χ3v) is 6.52. The Morgan fingerprint density at radius 1 is 1.20 bits per heavy atom. The molecular formula is C22H28N2O5S. The van der Waals surface area contributed by atoms with Gasteiger partial charge in [-0.2, -0.15) is 11.8 Å². The molecule has 1 aromatic carbocycles. The molecule has 3 rings (SSSR count). The smallest absolute Gasteiger partial charge is 0.375 e. The zero-order chi connectivity index (χ0) is 21.5. The fourth-order valence-corrected chi connectivity index (χ4v) is 4.88. The molecule has 0 spiro atoms. The Kier molecular flexibility index (Phi) is 7.79. The van der Waals surface area contributed by atoms with Crippen LogP contribution in [0.3, 0.4) is 0 Å². The molecule has 1 aromatic heterocycles. The average Bonchev–Trinajstić information content (AvgIpc) is 3.12. The molecule has 0 aliphatic heterocycles. The molecular weight excluding hydrogens is 404 g/mol. The zero-order valence-electron chi connectivity index (χ0n) is 17.4. The van der Waals surface area contributed by atoms with Gasteiger partial charge in [0.05, 0.1) is 0 Å². The molecule has 1 aliphatic carbocycles. The molecule has 30 heavy (non-hydrogen) atoms. The van der Waals surface area contributed by atoms with Crippen LogP contribution in [0.4, 0.5) is 4.79 Å². The van der Waals surface area contributed by atoms with Crippen LogP contribution >= 0.6 is 11.8 Å². The largest absolute Gasteiger partial charge is 0.449 e. The molecule has 162 valence electrons. The summed E-state index contributed by atoms with van der Waals surface area (Å²) in [5.41, 5.74) is 1.41. The van der Waals surface area contributed by atoms with Gasteiger partial charge in [0.1, 0.15) is 5.58 Å². The number of rotatable bonds is 7. The number of urea groups is 1. The van der Waals surface area contributed by atoms with Crippen molar-refractivity contribution in [3.63, 3.8) is 0 Å². The van der Waals surface area contributed by atoms with Crippen LogP contribution in [0.15, 0.2) is 28.7 Å². The molecule has 0 radical (unpaired) electrons. The molecule has 2 aromatic rings. The van der Waals surface area contributed by atoms with Crippen molar-refractivity contribution >= 4 is 40.6 Å². The number of imide groups is 1. The summed E-state index contributed by atoms with van der Waals surface area (Å²) < 4.78 is 11.1. The fourth-order valence-electron chi connectivity index (χ4n) is 3.53. The Hall–Kier alpha value is -2.48. The topological polar surface area (TPSA) is 97.6 Å². The van der Waals surface area contributed by atoms with E-state index in [1.165, 1.54) is 39.0 Å². The monoisotopic (exact) mass is 432 g/mol. The standard InChI is InChI=1S/C22H28N2O5S/c1-3-23-22(27)24-20(25)14(2)28-21(26)19-17(13-30-15-9-5-4-6-10-15)16-11-7-8-12-18(16)29-19/h7-8,11-12,14-15H,3-6,9-10,13H2,1-2H3,(H2,23,24,25,27)/t14-/m1/s1. The first kappa shape index (κ1) is 22.2. The summed E-state index contributed by atoms with van der Waals surface area (Å²) in [6, 6.07) is 6.87. The minimum atomic E-state index is -1.13. The highest BCUT2D eigenvalue weighted by atomic mass is 32.2. The van der Waals surface area contributed by atoms with E-state index in [2.05, 4.69) is 10.6 Å². The summed E-state index contributed by atoms with van der Waals surface area (Å²) in [6.07, 6.45) is 5.04. The van der Waals surface area contributed by atoms with Gasteiger partial charge in [0.2, 0.25) is 5.76 Å². The van der Waals surface area contributed by atoms with Crippen LogP contribution in [-0.2, 0) is 15.3 Å². The Morgan fingerprint density at radius 3 is 2.67 bits per heavy atom. The van der Waals surface area contributed by atoms with Gasteiger partial charge in [-0.05, 0) is 32.8 Å². The molecule has 1 atom stereocenters. The molecule has 1 heterocycles. The van der Waals surface area contributed by atoms with E-state index < -0.39 is 24.0 Å². The summed E-state index contributed by atoms with van der Waals surface area (Å²) >= 11 is 1.84. The predicted octanol–water partition coefficient (Wildman–Crippen LogP) is 4.39. The Balaban J connectivity index is 1.72. The maximum Gasteiger partial charge on any atom is 0.375 e. The van der Waals surface area contributed by atoms with Crippen molar-refractivity contribution in [3.8, 4) is 0 Å². The molecule has 0 bridgehead atoms. The van der Waals surface area contributed by atoms with Crippen molar-refractivity contribution in [2.45, 2.75) is 63.1 Å². The van der Waals surface area contributed by atoms with Crippen molar-refractivity contribution < 1.29 is 23.5 Å². The van der Waals surface area contributed by atoms with Crippen molar-refractivity contribution in [1.82, 2.24) is 10.6 Å². The molecule has 1 aliphatic rings. The summed E-state index contributed by atoms with van der Waals surface area (Å²) in [7, 11) is 0. The second kappa shape index (κ2) is 10.5. The summed E-state index contributed by atoms with van der Waals surface area (Å²) in [4.78, 5) is 36.4. The lowest BCUT2D eigenvalue weighted by Gasteiger charge is -2.20. The maximum absolute atomic E-state index is 12.8. The van der Waals surface area contributed by atoms with Gasteiger partial charge in [0, 0.05) is 28.5 Å². The first-order valence-electron chi connectivity index (χ1n) is 10.4. The van der Waals surface area contributed by atoms with E-state index in [9.17, 15) is 14.4 Å². The summed E-state index contributed by atoms with van der Waals surface area (Å²) in [6.45, 7) is 3.54. The number of para-hydroxylation sites is 1. The van der Waals surface area contributed by atoms with Gasteiger partial charge in [0.15, 0.2) is 6.10 Å². The van der Waals surface area contributed by atoms with Gasteiger partial charge < -0.3 is 14.5 Å². The van der Waals surface area contributed by atoms with Gasteiger partial charge in [-0.1, -0.05) is 37.5 Å². The molecule has 1 saturated carbocycles. The molecule has 0 saturated heterocycles. The fraction of sp³-hybridized carbons (Fsp3) is 0.500. The van der Waals surface area contributed by atoms with Crippen molar-refractivity contribution in [1.29, 1.82) is 0 Å². The quantitative estimate of drug-likeness (QED) is 0.630. The van der Waals surface area contributed by atoms with Crippen LogP contribution in [0.1, 0.15) is 62.1 Å². The number of nitrogens with one attached hydrogen (secondary N) is 2. The van der Waals surface area contributed by atoms with Crippen molar-refractivity contribution in [2.24, 2.45) is 0 Å². The van der Waals surface area contributed by atoms with E-state index in [0.29, 0.717) is 23.1 Å². The van der Waals surface area contributed by atoms with Crippen LogP contribution in [0.25, 0.3) is 11.0 Å². The molecule has 0 unspecified atom stereocenters. The lowest BCUT2D eigenvalue weighted by Crippen LogP contribution is -2.44. The molecule has 8 heteroatoms. The molecule has 3 amide bonds. The number of furan rings is 1. The number of esters is 1. The second-order valence-electron chi connectivity index (χ2n) is 7.37. The number of hydrogen-bond acceptors (Lipinski definition) is 6. The number of carbonyl (C=O) groups excluding carboxylic acids is 3. The zero-order valence-corrected chi connectivity index (χ0v) is 18.2. The van der Waals surface area contributed by atoms with Crippen molar-refractivity contribution in [2.75, 3.05) is 6.54 Å².